The van der Waals surface area contributed by atoms with Crippen molar-refractivity contribution in [1.29, 1.82) is 0 Å². The summed E-state index contributed by atoms with van der Waals surface area (Å²) in [5, 5.41) is 5.75. The maximum atomic E-state index is 5.99. The summed E-state index contributed by atoms with van der Waals surface area (Å²) >= 11 is 5.30. The molecule has 22 heavy (non-hydrogen) atoms. The Morgan fingerprint density at radius 2 is 2.00 bits per heavy atom. The molecule has 0 aliphatic carbocycles. The Labute approximate surface area is 134 Å². The number of rotatable bonds is 2. The van der Waals surface area contributed by atoms with Gasteiger partial charge in [0.25, 0.3) is 0 Å². The molecule has 2 aromatic rings. The Morgan fingerprint density at radius 1 is 1.23 bits per heavy atom. The van der Waals surface area contributed by atoms with Crippen LogP contribution in [-0.2, 0) is 4.74 Å². The van der Waals surface area contributed by atoms with Crippen molar-refractivity contribution in [2.45, 2.75) is 0 Å². The van der Waals surface area contributed by atoms with Crippen molar-refractivity contribution >= 4 is 34.1 Å². The lowest BCUT2D eigenvalue weighted by atomic mass is 10.2. The Hall–Kier alpha value is -2.25. The van der Waals surface area contributed by atoms with Gasteiger partial charge in [0.2, 0.25) is 0 Å². The van der Waals surface area contributed by atoms with Gasteiger partial charge in [-0.1, -0.05) is 24.3 Å². The molecule has 1 aliphatic heterocycles. The third-order valence-electron chi connectivity index (χ3n) is 3.43. The van der Waals surface area contributed by atoms with Crippen LogP contribution in [0.25, 0.3) is 10.9 Å². The van der Waals surface area contributed by atoms with Crippen LogP contribution in [0.15, 0.2) is 41.5 Å². The SMILES string of the molecule is N/C(=N\NC(=S)N1CCOCC1)c1ccc2ccccc2n1. The normalized spacial score (nSPS) is 15.8. The largest absolute Gasteiger partial charge is 0.380 e. The minimum absolute atomic E-state index is 0.307. The highest BCUT2D eigenvalue weighted by Crippen LogP contribution is 2.11. The highest BCUT2D eigenvalue weighted by molar-refractivity contribution is 7.80. The standard InChI is InChI=1S/C15H17N5OS/c16-14(18-19-15(22)20-7-9-21-10-8-20)13-6-5-11-3-1-2-4-12(11)17-13/h1-6H,7-10H2,(H2,16,18)(H,19,22). The lowest BCUT2D eigenvalue weighted by Gasteiger charge is -2.28. The van der Waals surface area contributed by atoms with Crippen LogP contribution in [0.2, 0.25) is 0 Å². The summed E-state index contributed by atoms with van der Waals surface area (Å²) in [6.07, 6.45) is 0. The van der Waals surface area contributed by atoms with Crippen molar-refractivity contribution in [3.63, 3.8) is 0 Å². The van der Waals surface area contributed by atoms with Crippen LogP contribution in [-0.4, -0.2) is 47.1 Å². The number of morpholine rings is 1. The fourth-order valence-electron chi connectivity index (χ4n) is 2.21. The number of benzene rings is 1. The highest BCUT2D eigenvalue weighted by atomic mass is 32.1. The van der Waals surface area contributed by atoms with Gasteiger partial charge in [-0.25, -0.2) is 4.98 Å². The van der Waals surface area contributed by atoms with E-state index < -0.39 is 0 Å². The fourth-order valence-corrected chi connectivity index (χ4v) is 2.44. The molecule has 6 nitrogen and oxygen atoms in total. The lowest BCUT2D eigenvalue weighted by Crippen LogP contribution is -2.45. The number of pyridine rings is 1. The van der Waals surface area contributed by atoms with Crippen LogP contribution in [0.4, 0.5) is 0 Å². The van der Waals surface area contributed by atoms with Gasteiger partial charge in [0.1, 0.15) is 5.69 Å². The first-order valence-corrected chi connectivity index (χ1v) is 7.47. The van der Waals surface area contributed by atoms with E-state index in [-0.39, 0.29) is 0 Å². The number of para-hydroxylation sites is 1. The van der Waals surface area contributed by atoms with Gasteiger partial charge in [0, 0.05) is 18.5 Å². The average molecular weight is 315 g/mol. The molecule has 0 amide bonds. The van der Waals surface area contributed by atoms with E-state index in [1.165, 1.54) is 0 Å². The summed E-state index contributed by atoms with van der Waals surface area (Å²) in [7, 11) is 0. The summed E-state index contributed by atoms with van der Waals surface area (Å²) in [5.74, 6) is 0.307. The Balaban J connectivity index is 1.71. The quantitative estimate of drug-likeness (QED) is 0.374. The zero-order valence-electron chi connectivity index (χ0n) is 12.0. The number of hydrogen-bond acceptors (Lipinski definition) is 4. The monoisotopic (exact) mass is 315 g/mol. The topological polar surface area (TPSA) is 75.8 Å². The number of hydrazone groups is 1. The van der Waals surface area contributed by atoms with Crippen molar-refractivity contribution in [3.8, 4) is 0 Å². The number of nitrogens with one attached hydrogen (secondary N) is 1. The molecule has 0 unspecified atom stereocenters. The van der Waals surface area contributed by atoms with Crippen molar-refractivity contribution in [1.82, 2.24) is 15.3 Å². The second-order valence-corrected chi connectivity index (χ2v) is 5.29. The average Bonchev–Trinajstić information content (AvgIpc) is 2.59. The molecule has 0 radical (unpaired) electrons. The lowest BCUT2D eigenvalue weighted by molar-refractivity contribution is 0.0677. The van der Waals surface area contributed by atoms with Crippen LogP contribution < -0.4 is 11.2 Å². The molecule has 1 saturated heterocycles. The van der Waals surface area contributed by atoms with E-state index in [0.717, 1.165) is 24.0 Å². The molecule has 7 heteroatoms. The zero-order valence-corrected chi connectivity index (χ0v) is 12.8. The fraction of sp³-hybridized carbons (Fsp3) is 0.267. The summed E-state index contributed by atoms with van der Waals surface area (Å²) in [6, 6.07) is 11.7. The van der Waals surface area contributed by atoms with Gasteiger partial charge < -0.3 is 15.4 Å². The molecular weight excluding hydrogens is 298 g/mol. The van der Waals surface area contributed by atoms with Gasteiger partial charge in [-0.3, -0.25) is 5.43 Å². The Bertz CT molecular complexity index is 712. The summed E-state index contributed by atoms with van der Waals surface area (Å²) in [5.41, 5.74) is 10.3. The molecular formula is C15H17N5OS. The van der Waals surface area contributed by atoms with Gasteiger partial charge in [-0.2, -0.15) is 5.10 Å². The third kappa shape index (κ3) is 3.32. The number of amidine groups is 1. The number of hydrogen-bond donors (Lipinski definition) is 2. The molecule has 0 saturated carbocycles. The second kappa shape index (κ2) is 6.67. The van der Waals surface area contributed by atoms with Gasteiger partial charge in [-0.15, -0.1) is 0 Å². The number of fused-ring (bicyclic) bond motifs is 1. The van der Waals surface area contributed by atoms with Crippen molar-refractivity contribution in [2.75, 3.05) is 26.3 Å². The maximum absolute atomic E-state index is 5.99. The number of thiocarbonyl (C=S) groups is 1. The van der Waals surface area contributed by atoms with Gasteiger partial charge >= 0.3 is 0 Å². The van der Waals surface area contributed by atoms with Crippen LogP contribution >= 0.6 is 12.2 Å². The number of nitrogens with zero attached hydrogens (tertiary/aromatic N) is 3. The second-order valence-electron chi connectivity index (χ2n) is 4.90. The maximum Gasteiger partial charge on any atom is 0.189 e. The van der Waals surface area contributed by atoms with Gasteiger partial charge in [-0.05, 0) is 24.4 Å². The van der Waals surface area contributed by atoms with Crippen molar-refractivity contribution in [2.24, 2.45) is 10.8 Å². The summed E-state index contributed by atoms with van der Waals surface area (Å²) in [4.78, 5) is 6.50. The van der Waals surface area contributed by atoms with E-state index in [1.54, 1.807) is 0 Å². The van der Waals surface area contributed by atoms with Crippen LogP contribution in [0.3, 0.4) is 0 Å². The first kappa shape index (κ1) is 14.7. The predicted molar refractivity (Wildman–Crippen MR) is 90.6 cm³/mol. The Morgan fingerprint density at radius 3 is 2.82 bits per heavy atom. The molecule has 1 aromatic carbocycles. The van der Waals surface area contributed by atoms with Crippen molar-refractivity contribution < 1.29 is 4.74 Å². The molecule has 1 aromatic heterocycles. The Kier molecular flexibility index (Phi) is 4.45. The predicted octanol–water partition coefficient (Wildman–Crippen LogP) is 1.06. The number of nitrogens with two attached hydrogens (primary N) is 1. The van der Waals surface area contributed by atoms with E-state index >= 15 is 0 Å². The zero-order chi connectivity index (χ0) is 15.4. The van der Waals surface area contributed by atoms with E-state index in [2.05, 4.69) is 15.5 Å². The van der Waals surface area contributed by atoms with Crippen LogP contribution in [0.1, 0.15) is 5.69 Å². The van der Waals surface area contributed by atoms with Gasteiger partial charge in [0.05, 0.1) is 18.7 Å². The molecule has 0 bridgehead atoms. The number of ether oxygens (including phenoxy) is 1. The first-order valence-electron chi connectivity index (χ1n) is 7.06. The first-order chi connectivity index (χ1) is 10.7. The minimum Gasteiger partial charge on any atom is -0.380 e. The third-order valence-corrected chi connectivity index (χ3v) is 3.78. The number of aromatic nitrogens is 1. The molecule has 0 spiro atoms. The van der Waals surface area contributed by atoms with E-state index in [0.29, 0.717) is 29.9 Å². The summed E-state index contributed by atoms with van der Waals surface area (Å²) in [6.45, 7) is 2.87. The van der Waals surface area contributed by atoms with Crippen LogP contribution in [0, 0.1) is 0 Å². The van der Waals surface area contributed by atoms with Gasteiger partial charge in [0.15, 0.2) is 10.9 Å². The molecule has 1 aliphatic rings. The molecule has 1 fully saturated rings. The molecule has 2 heterocycles. The molecule has 3 rings (SSSR count). The minimum atomic E-state index is 0.307. The van der Waals surface area contributed by atoms with Crippen molar-refractivity contribution in [3.05, 3.63) is 42.1 Å². The molecule has 0 atom stereocenters. The van der Waals surface area contributed by atoms with E-state index in [4.69, 9.17) is 22.7 Å². The smallest absolute Gasteiger partial charge is 0.189 e. The summed E-state index contributed by atoms with van der Waals surface area (Å²) < 4.78 is 5.29. The molecule has 114 valence electrons. The van der Waals surface area contributed by atoms with E-state index in [1.807, 2.05) is 41.3 Å². The van der Waals surface area contributed by atoms with E-state index in [9.17, 15) is 0 Å². The van der Waals surface area contributed by atoms with Crippen LogP contribution in [0.5, 0.6) is 0 Å². The molecule has 3 N–H and O–H groups in total. The highest BCUT2D eigenvalue weighted by Gasteiger charge is 2.13.